The number of benzene rings is 3. The van der Waals surface area contributed by atoms with Crippen molar-refractivity contribution in [1.29, 1.82) is 0 Å². The monoisotopic (exact) mass is 743 g/mol. The lowest BCUT2D eigenvalue weighted by Crippen LogP contribution is -2.47. The fourth-order valence-corrected chi connectivity index (χ4v) is 8.49. The summed E-state index contributed by atoms with van der Waals surface area (Å²) in [6.07, 6.45) is 3.51. The SMILES string of the molecule is CCC(CC)(c1ccc(CCC(O[Si](C)(C)C(C)(C)C)C(C)(C)C)c(C)c1)c1ccc(-c2ccc([C@H](NC(=O)OC(C)(C)C)C(=O)OC)cc2)c(C)c1. The van der Waals surface area contributed by atoms with Crippen LogP contribution in [0.4, 0.5) is 4.79 Å². The van der Waals surface area contributed by atoms with Gasteiger partial charge in [-0.15, -0.1) is 0 Å². The third kappa shape index (κ3) is 10.8. The fourth-order valence-electron chi connectivity index (χ4n) is 6.96. The third-order valence-electron chi connectivity index (χ3n) is 11.4. The number of aryl methyl sites for hydroxylation is 3. The Kier molecular flexibility index (Phi) is 14.1. The Morgan fingerprint density at radius 3 is 1.77 bits per heavy atom. The molecule has 0 aromatic heterocycles. The van der Waals surface area contributed by atoms with Gasteiger partial charge in [0.2, 0.25) is 0 Å². The molecule has 0 saturated heterocycles. The van der Waals surface area contributed by atoms with E-state index in [1.807, 2.05) is 24.3 Å². The minimum atomic E-state index is -1.90. The highest BCUT2D eigenvalue weighted by molar-refractivity contribution is 6.74. The van der Waals surface area contributed by atoms with Gasteiger partial charge in [0.15, 0.2) is 14.4 Å². The Morgan fingerprint density at radius 2 is 1.32 bits per heavy atom. The Hall–Kier alpha value is -3.42. The number of amides is 1. The second kappa shape index (κ2) is 16.9. The number of nitrogens with one attached hydrogen (secondary N) is 1. The van der Waals surface area contributed by atoms with E-state index >= 15 is 0 Å². The van der Waals surface area contributed by atoms with Gasteiger partial charge in [0.1, 0.15) is 5.60 Å². The second-order valence-electron chi connectivity index (χ2n) is 18.5. The lowest BCUT2D eigenvalue weighted by Gasteiger charge is -2.43. The number of hydrogen-bond acceptors (Lipinski definition) is 5. The van der Waals surface area contributed by atoms with Gasteiger partial charge in [-0.1, -0.05) is 116 Å². The highest BCUT2D eigenvalue weighted by atomic mass is 28.4. The maximum atomic E-state index is 12.6. The van der Waals surface area contributed by atoms with Crippen LogP contribution in [-0.2, 0) is 30.5 Å². The molecule has 7 heteroatoms. The summed E-state index contributed by atoms with van der Waals surface area (Å²) in [6, 6.07) is 20.7. The number of carbonyl (C=O) groups is 2. The first-order valence-corrected chi connectivity index (χ1v) is 22.4. The highest BCUT2D eigenvalue weighted by Gasteiger charge is 2.41. The minimum absolute atomic E-state index is 0.0689. The summed E-state index contributed by atoms with van der Waals surface area (Å²) >= 11 is 0. The molecule has 0 saturated carbocycles. The van der Waals surface area contributed by atoms with Crippen LogP contribution >= 0.6 is 0 Å². The molecule has 292 valence electrons. The van der Waals surface area contributed by atoms with E-state index in [1.165, 1.54) is 34.9 Å². The van der Waals surface area contributed by atoms with Gasteiger partial charge < -0.3 is 19.2 Å². The fraction of sp³-hybridized carbons (Fsp3) is 0.565. The van der Waals surface area contributed by atoms with Crippen LogP contribution in [0.1, 0.15) is 135 Å². The molecular weight excluding hydrogens is 675 g/mol. The van der Waals surface area contributed by atoms with Crippen LogP contribution in [0.25, 0.3) is 11.1 Å². The molecule has 2 atom stereocenters. The summed E-state index contributed by atoms with van der Waals surface area (Å²) in [4.78, 5) is 25.1. The van der Waals surface area contributed by atoms with Gasteiger partial charge in [0, 0.05) is 5.41 Å². The summed E-state index contributed by atoms with van der Waals surface area (Å²) in [5, 5.41) is 2.84. The van der Waals surface area contributed by atoms with Crippen LogP contribution < -0.4 is 5.32 Å². The molecule has 1 unspecified atom stereocenters. The third-order valence-corrected chi connectivity index (χ3v) is 15.9. The average Bonchev–Trinajstić information content (AvgIpc) is 3.05. The molecule has 0 fully saturated rings. The van der Waals surface area contributed by atoms with Crippen molar-refractivity contribution in [2.24, 2.45) is 5.41 Å². The number of hydrogen-bond donors (Lipinski definition) is 1. The molecule has 6 nitrogen and oxygen atoms in total. The van der Waals surface area contributed by atoms with Gasteiger partial charge >= 0.3 is 12.1 Å². The van der Waals surface area contributed by atoms with Crippen molar-refractivity contribution in [2.45, 2.75) is 157 Å². The largest absolute Gasteiger partial charge is 0.467 e. The summed E-state index contributed by atoms with van der Waals surface area (Å²) in [5.41, 5.74) is 8.63. The first-order chi connectivity index (χ1) is 24.4. The number of alkyl carbamates (subject to hydrolysis) is 1. The van der Waals surface area contributed by atoms with Crippen molar-refractivity contribution in [2.75, 3.05) is 7.11 Å². The van der Waals surface area contributed by atoms with E-state index < -0.39 is 32.0 Å². The first-order valence-electron chi connectivity index (χ1n) is 19.5. The molecule has 0 spiro atoms. The molecule has 0 heterocycles. The lowest BCUT2D eigenvalue weighted by atomic mass is 9.69. The van der Waals surface area contributed by atoms with Gasteiger partial charge in [0.05, 0.1) is 13.2 Å². The van der Waals surface area contributed by atoms with E-state index in [9.17, 15) is 9.59 Å². The van der Waals surface area contributed by atoms with E-state index in [1.54, 1.807) is 20.8 Å². The quantitative estimate of drug-likeness (QED) is 0.139. The molecule has 53 heavy (non-hydrogen) atoms. The van der Waals surface area contributed by atoms with E-state index in [0.717, 1.165) is 36.8 Å². The van der Waals surface area contributed by atoms with Crippen molar-refractivity contribution in [3.8, 4) is 11.1 Å². The molecule has 3 aromatic carbocycles. The van der Waals surface area contributed by atoms with Crippen LogP contribution in [-0.4, -0.2) is 39.2 Å². The number of esters is 1. The Bertz CT molecular complexity index is 1700. The number of carbonyl (C=O) groups excluding carboxylic acids is 2. The van der Waals surface area contributed by atoms with Gasteiger partial charge in [-0.2, -0.15) is 0 Å². The molecule has 3 rings (SSSR count). The van der Waals surface area contributed by atoms with E-state index in [0.29, 0.717) is 5.56 Å². The molecule has 0 radical (unpaired) electrons. The van der Waals surface area contributed by atoms with E-state index in [-0.39, 0.29) is 22.0 Å². The van der Waals surface area contributed by atoms with Crippen molar-refractivity contribution in [3.63, 3.8) is 0 Å². The summed E-state index contributed by atoms with van der Waals surface area (Å²) in [6.45, 7) is 33.0. The predicted octanol–water partition coefficient (Wildman–Crippen LogP) is 12.2. The van der Waals surface area contributed by atoms with Crippen LogP contribution in [0.2, 0.25) is 18.1 Å². The van der Waals surface area contributed by atoms with Crippen molar-refractivity contribution in [3.05, 3.63) is 94.0 Å². The summed E-state index contributed by atoms with van der Waals surface area (Å²) in [5.74, 6) is -0.562. The molecule has 1 amide bonds. The van der Waals surface area contributed by atoms with Gasteiger partial charge in [0.25, 0.3) is 0 Å². The molecule has 0 aliphatic carbocycles. The maximum Gasteiger partial charge on any atom is 0.408 e. The first kappa shape index (κ1) is 44.0. The molecular formula is C46H69NO5Si. The Balaban J connectivity index is 1.88. The Labute approximate surface area is 322 Å². The molecule has 0 aliphatic heterocycles. The van der Waals surface area contributed by atoms with Crippen molar-refractivity contribution < 1.29 is 23.5 Å². The number of rotatable bonds is 13. The van der Waals surface area contributed by atoms with Crippen molar-refractivity contribution >= 4 is 20.4 Å². The van der Waals surface area contributed by atoms with Gasteiger partial charge in [-0.3, -0.25) is 0 Å². The molecule has 0 bridgehead atoms. The topological polar surface area (TPSA) is 73.9 Å². The summed E-state index contributed by atoms with van der Waals surface area (Å²) < 4.78 is 17.4. The standard InChI is InChI=1S/C46H69NO5Si/c1-17-46(18-2,36-25-23-33(31(3)29-36)24-28-39(43(5,6)7)52-53(15,16)45(11,12)13)37-26-27-38(32(4)30-37)34-19-21-35(22-20-34)40(41(48)50-14)47-42(49)51-44(8,9)10/h19-23,25-27,29-30,39-40H,17-18,24,28H2,1-16H3,(H,47,49)/t39?,40-/m0/s1. The van der Waals surface area contributed by atoms with E-state index in [2.05, 4.69) is 124 Å². The van der Waals surface area contributed by atoms with Gasteiger partial charge in [-0.05, 0) is 128 Å². The maximum absolute atomic E-state index is 12.6. The zero-order valence-corrected chi connectivity index (χ0v) is 36.8. The lowest BCUT2D eigenvalue weighted by molar-refractivity contribution is -0.143. The zero-order valence-electron chi connectivity index (χ0n) is 35.8. The molecule has 0 aliphatic rings. The van der Waals surface area contributed by atoms with Crippen LogP contribution in [0.15, 0.2) is 60.7 Å². The van der Waals surface area contributed by atoms with Crippen LogP contribution in [0.5, 0.6) is 0 Å². The van der Waals surface area contributed by atoms with E-state index in [4.69, 9.17) is 13.9 Å². The predicted molar refractivity (Wildman–Crippen MR) is 223 cm³/mol. The minimum Gasteiger partial charge on any atom is -0.467 e. The van der Waals surface area contributed by atoms with Crippen molar-refractivity contribution in [1.82, 2.24) is 5.32 Å². The highest BCUT2D eigenvalue weighted by Crippen LogP contribution is 2.43. The number of ether oxygens (including phenoxy) is 2. The van der Waals surface area contributed by atoms with Crippen LogP contribution in [0.3, 0.4) is 0 Å². The molecule has 3 aromatic rings. The van der Waals surface area contributed by atoms with Gasteiger partial charge in [-0.25, -0.2) is 9.59 Å². The normalized spacial score (nSPS) is 14.0. The van der Waals surface area contributed by atoms with Crippen LogP contribution in [0, 0.1) is 19.3 Å². The number of methoxy groups -OCH3 is 1. The average molecular weight is 744 g/mol. The second-order valence-corrected chi connectivity index (χ2v) is 23.2. The summed E-state index contributed by atoms with van der Waals surface area (Å²) in [7, 11) is -0.593. The smallest absolute Gasteiger partial charge is 0.408 e. The Morgan fingerprint density at radius 1 is 0.774 bits per heavy atom. The zero-order chi connectivity index (χ0) is 40.2. The molecule has 1 N–H and O–H groups in total.